The molecule has 0 spiro atoms. The lowest BCUT2D eigenvalue weighted by molar-refractivity contribution is 0.777. The normalized spacial score (nSPS) is 10.6. The maximum atomic E-state index is 5.68. The highest BCUT2D eigenvalue weighted by molar-refractivity contribution is 5.62. The first kappa shape index (κ1) is 14.5. The van der Waals surface area contributed by atoms with E-state index < -0.39 is 0 Å². The summed E-state index contributed by atoms with van der Waals surface area (Å²) in [6.07, 6.45) is 4.20. The summed E-state index contributed by atoms with van der Waals surface area (Å²) in [6.45, 7) is 5.83. The number of nitrogens with zero attached hydrogens (tertiary/aromatic N) is 2. The fraction of sp³-hybridized carbons (Fsp3) is 0.353. The molecule has 1 aromatic carbocycles. The van der Waals surface area contributed by atoms with Gasteiger partial charge in [0.1, 0.15) is 5.82 Å². The van der Waals surface area contributed by atoms with Gasteiger partial charge in [-0.2, -0.15) is 0 Å². The second-order valence-corrected chi connectivity index (χ2v) is 5.03. The third-order valence-corrected chi connectivity index (χ3v) is 3.40. The third-order valence-electron chi connectivity index (χ3n) is 3.40. The molecule has 0 radical (unpaired) electrons. The minimum atomic E-state index is 0.536. The summed E-state index contributed by atoms with van der Waals surface area (Å²) in [6, 6.07) is 12.6. The Bertz CT molecular complexity index is 537. The summed E-state index contributed by atoms with van der Waals surface area (Å²) in [5, 5.41) is 0. The predicted octanol–water partition coefficient (Wildman–Crippen LogP) is 3.79. The van der Waals surface area contributed by atoms with E-state index in [0.717, 1.165) is 24.3 Å². The second kappa shape index (κ2) is 7.06. The van der Waals surface area contributed by atoms with Gasteiger partial charge < -0.3 is 10.6 Å². The highest BCUT2D eigenvalue weighted by atomic mass is 15.2. The molecule has 0 saturated heterocycles. The fourth-order valence-corrected chi connectivity index (χ4v) is 2.30. The predicted molar refractivity (Wildman–Crippen MR) is 85.2 cm³/mol. The van der Waals surface area contributed by atoms with Crippen molar-refractivity contribution in [3.63, 3.8) is 0 Å². The van der Waals surface area contributed by atoms with E-state index in [1.807, 2.05) is 12.3 Å². The number of para-hydroxylation sites is 1. The van der Waals surface area contributed by atoms with Crippen molar-refractivity contribution in [1.29, 1.82) is 0 Å². The molecule has 2 rings (SSSR count). The minimum absolute atomic E-state index is 0.536. The molecular weight excluding hydrogens is 246 g/mol. The van der Waals surface area contributed by atoms with Crippen LogP contribution in [0, 0.1) is 6.92 Å². The average molecular weight is 269 g/mol. The van der Waals surface area contributed by atoms with Crippen molar-refractivity contribution in [2.45, 2.75) is 33.2 Å². The highest BCUT2D eigenvalue weighted by Gasteiger charge is 2.12. The van der Waals surface area contributed by atoms with E-state index in [1.165, 1.54) is 17.7 Å². The number of pyridine rings is 1. The van der Waals surface area contributed by atoms with Crippen LogP contribution in [0.15, 0.2) is 42.6 Å². The Hall–Kier alpha value is -1.87. The van der Waals surface area contributed by atoms with Gasteiger partial charge >= 0.3 is 0 Å². The van der Waals surface area contributed by atoms with Crippen LogP contribution in [0.3, 0.4) is 0 Å². The molecule has 0 fully saturated rings. The first-order valence-corrected chi connectivity index (χ1v) is 7.24. The van der Waals surface area contributed by atoms with Crippen LogP contribution in [0.4, 0.5) is 11.5 Å². The minimum Gasteiger partial charge on any atom is -0.326 e. The van der Waals surface area contributed by atoms with Crippen LogP contribution in [0.5, 0.6) is 0 Å². The summed E-state index contributed by atoms with van der Waals surface area (Å²) in [5.74, 6) is 1.03. The van der Waals surface area contributed by atoms with Crippen LogP contribution in [0.2, 0.25) is 0 Å². The van der Waals surface area contributed by atoms with E-state index in [1.54, 1.807) is 0 Å². The van der Waals surface area contributed by atoms with Crippen LogP contribution < -0.4 is 10.6 Å². The Kier molecular flexibility index (Phi) is 5.13. The molecule has 106 valence electrons. The van der Waals surface area contributed by atoms with Gasteiger partial charge in [-0.25, -0.2) is 4.98 Å². The molecule has 2 aromatic rings. The van der Waals surface area contributed by atoms with Crippen molar-refractivity contribution in [3.8, 4) is 0 Å². The molecule has 0 aliphatic carbocycles. The fourth-order valence-electron chi connectivity index (χ4n) is 2.30. The van der Waals surface area contributed by atoms with Crippen molar-refractivity contribution in [2.24, 2.45) is 5.73 Å². The zero-order valence-corrected chi connectivity index (χ0v) is 12.3. The summed E-state index contributed by atoms with van der Waals surface area (Å²) in [5.41, 5.74) is 9.13. The maximum absolute atomic E-state index is 5.68. The molecule has 1 aromatic heterocycles. The summed E-state index contributed by atoms with van der Waals surface area (Å²) >= 11 is 0. The molecule has 0 aliphatic heterocycles. The van der Waals surface area contributed by atoms with Crippen LogP contribution in [0.1, 0.15) is 30.9 Å². The van der Waals surface area contributed by atoms with Gasteiger partial charge in [-0.3, -0.25) is 0 Å². The highest BCUT2D eigenvalue weighted by Crippen LogP contribution is 2.27. The number of anilines is 2. The van der Waals surface area contributed by atoms with Crippen molar-refractivity contribution >= 4 is 11.5 Å². The molecule has 0 atom stereocenters. The van der Waals surface area contributed by atoms with Gasteiger partial charge in [-0.1, -0.05) is 31.5 Å². The zero-order chi connectivity index (χ0) is 14.4. The van der Waals surface area contributed by atoms with E-state index in [0.29, 0.717) is 6.54 Å². The Morgan fingerprint density at radius 1 is 1.20 bits per heavy atom. The van der Waals surface area contributed by atoms with Crippen molar-refractivity contribution < 1.29 is 0 Å². The summed E-state index contributed by atoms with van der Waals surface area (Å²) in [7, 11) is 0. The first-order chi connectivity index (χ1) is 9.76. The van der Waals surface area contributed by atoms with Crippen molar-refractivity contribution in [3.05, 3.63) is 53.7 Å². The van der Waals surface area contributed by atoms with Gasteiger partial charge in [0, 0.05) is 25.0 Å². The molecule has 0 aliphatic rings. The van der Waals surface area contributed by atoms with Crippen molar-refractivity contribution in [1.82, 2.24) is 4.98 Å². The number of benzene rings is 1. The van der Waals surface area contributed by atoms with Gasteiger partial charge in [0.2, 0.25) is 0 Å². The molecule has 0 unspecified atom stereocenters. The Labute approximate surface area is 121 Å². The second-order valence-electron chi connectivity index (χ2n) is 5.03. The molecule has 3 heteroatoms. The SMILES string of the molecule is CCCCN(c1ccccc1)c1ncc(CN)cc1C. The molecule has 2 N–H and O–H groups in total. The Morgan fingerprint density at radius 3 is 2.55 bits per heavy atom. The molecule has 20 heavy (non-hydrogen) atoms. The molecule has 0 saturated carbocycles. The lowest BCUT2D eigenvalue weighted by Gasteiger charge is -2.25. The number of hydrogen-bond acceptors (Lipinski definition) is 3. The van der Waals surface area contributed by atoms with Gasteiger partial charge in [-0.15, -0.1) is 0 Å². The van der Waals surface area contributed by atoms with Crippen LogP contribution in [0.25, 0.3) is 0 Å². The molecule has 1 heterocycles. The lowest BCUT2D eigenvalue weighted by atomic mass is 10.1. The number of aromatic nitrogens is 1. The molecular formula is C17H23N3. The van der Waals surface area contributed by atoms with E-state index in [9.17, 15) is 0 Å². The van der Waals surface area contributed by atoms with E-state index >= 15 is 0 Å². The van der Waals surface area contributed by atoms with Crippen molar-refractivity contribution in [2.75, 3.05) is 11.4 Å². The molecule has 0 bridgehead atoms. The van der Waals surface area contributed by atoms with Gasteiger partial charge in [-0.05, 0) is 42.7 Å². The van der Waals surface area contributed by atoms with Crippen LogP contribution >= 0.6 is 0 Å². The maximum Gasteiger partial charge on any atom is 0.135 e. The van der Waals surface area contributed by atoms with Crippen LogP contribution in [-0.4, -0.2) is 11.5 Å². The first-order valence-electron chi connectivity index (χ1n) is 7.24. The molecule has 3 nitrogen and oxygen atoms in total. The smallest absolute Gasteiger partial charge is 0.135 e. The zero-order valence-electron chi connectivity index (χ0n) is 12.3. The monoisotopic (exact) mass is 269 g/mol. The Balaban J connectivity index is 2.36. The number of aryl methyl sites for hydroxylation is 1. The summed E-state index contributed by atoms with van der Waals surface area (Å²) < 4.78 is 0. The molecule has 0 amide bonds. The lowest BCUT2D eigenvalue weighted by Crippen LogP contribution is -2.20. The van der Waals surface area contributed by atoms with E-state index in [2.05, 4.69) is 54.1 Å². The van der Waals surface area contributed by atoms with Gasteiger partial charge in [0.05, 0.1) is 0 Å². The number of nitrogens with two attached hydrogens (primary N) is 1. The van der Waals surface area contributed by atoms with E-state index in [4.69, 9.17) is 5.73 Å². The summed E-state index contributed by atoms with van der Waals surface area (Å²) in [4.78, 5) is 6.92. The standard InChI is InChI=1S/C17H23N3/c1-3-4-10-20(16-8-6-5-7-9-16)17-14(2)11-15(12-18)13-19-17/h5-9,11,13H,3-4,10,12,18H2,1-2H3. The quantitative estimate of drug-likeness (QED) is 0.867. The Morgan fingerprint density at radius 2 is 1.95 bits per heavy atom. The third kappa shape index (κ3) is 3.36. The largest absolute Gasteiger partial charge is 0.326 e. The van der Waals surface area contributed by atoms with Crippen LogP contribution in [-0.2, 0) is 6.54 Å². The average Bonchev–Trinajstić information content (AvgIpc) is 2.50. The topological polar surface area (TPSA) is 42.2 Å². The van der Waals surface area contributed by atoms with Gasteiger partial charge in [0.25, 0.3) is 0 Å². The number of hydrogen-bond donors (Lipinski definition) is 1. The van der Waals surface area contributed by atoms with E-state index in [-0.39, 0.29) is 0 Å². The number of unbranched alkanes of at least 4 members (excludes halogenated alkanes) is 1. The number of rotatable bonds is 6. The van der Waals surface area contributed by atoms with Gasteiger partial charge in [0.15, 0.2) is 0 Å².